The van der Waals surface area contributed by atoms with Crippen LogP contribution in [0.5, 0.6) is 5.75 Å². The monoisotopic (exact) mass is 295 g/mol. The van der Waals surface area contributed by atoms with Crippen molar-refractivity contribution < 1.29 is 19.4 Å². The Kier molecular flexibility index (Phi) is 7.19. The van der Waals surface area contributed by atoms with E-state index in [1.807, 2.05) is 24.3 Å². The van der Waals surface area contributed by atoms with Crippen molar-refractivity contribution in [1.82, 2.24) is 0 Å². The van der Waals surface area contributed by atoms with Gasteiger partial charge in [0.05, 0.1) is 13.2 Å². The van der Waals surface area contributed by atoms with E-state index in [1.165, 1.54) is 5.56 Å². The molecule has 1 unspecified atom stereocenters. The highest BCUT2D eigenvalue weighted by atomic mass is 16.5. The molecule has 0 fully saturated rings. The summed E-state index contributed by atoms with van der Waals surface area (Å²) >= 11 is 0. The molecule has 5 heteroatoms. The highest BCUT2D eigenvalue weighted by Crippen LogP contribution is 2.17. The van der Waals surface area contributed by atoms with Crippen LogP contribution in [-0.2, 0) is 16.0 Å². The van der Waals surface area contributed by atoms with E-state index in [2.05, 4.69) is 0 Å². The lowest BCUT2D eigenvalue weighted by Gasteiger charge is -2.22. The highest BCUT2D eigenvalue weighted by Gasteiger charge is 2.30. The Bertz CT molecular complexity index is 432. The van der Waals surface area contributed by atoms with E-state index in [0.29, 0.717) is 32.5 Å². The fourth-order valence-corrected chi connectivity index (χ4v) is 1.98. The Morgan fingerprint density at radius 3 is 2.48 bits per heavy atom. The zero-order chi connectivity index (χ0) is 15.7. The van der Waals surface area contributed by atoms with Crippen molar-refractivity contribution in [2.75, 3.05) is 20.3 Å². The first-order chi connectivity index (χ1) is 10.0. The van der Waals surface area contributed by atoms with Crippen molar-refractivity contribution in [1.29, 1.82) is 0 Å². The number of rotatable bonds is 10. The van der Waals surface area contributed by atoms with Gasteiger partial charge in [0.15, 0.2) is 0 Å². The molecule has 0 aliphatic rings. The van der Waals surface area contributed by atoms with E-state index >= 15 is 0 Å². The lowest BCUT2D eigenvalue weighted by molar-refractivity contribution is -0.143. The van der Waals surface area contributed by atoms with Gasteiger partial charge in [-0.1, -0.05) is 19.1 Å². The molecule has 1 aromatic carbocycles. The Morgan fingerprint density at radius 1 is 1.29 bits per heavy atom. The number of carbonyl (C=O) groups is 1. The number of nitrogens with two attached hydrogens (primary N) is 1. The molecule has 0 amide bonds. The van der Waals surface area contributed by atoms with E-state index in [0.717, 1.165) is 12.2 Å². The molecule has 0 saturated heterocycles. The molecule has 0 bridgehead atoms. The van der Waals surface area contributed by atoms with Gasteiger partial charge in [-0.25, -0.2) is 0 Å². The van der Waals surface area contributed by atoms with Crippen LogP contribution in [0.15, 0.2) is 24.3 Å². The summed E-state index contributed by atoms with van der Waals surface area (Å²) in [5.41, 5.74) is 5.87. The number of ether oxygens (including phenoxy) is 2. The molecule has 3 N–H and O–H groups in total. The first-order valence-electron chi connectivity index (χ1n) is 7.25. The van der Waals surface area contributed by atoms with Gasteiger partial charge < -0.3 is 20.3 Å². The number of aliphatic carboxylic acids is 1. The van der Waals surface area contributed by atoms with E-state index in [1.54, 1.807) is 14.0 Å². The predicted molar refractivity (Wildman–Crippen MR) is 81.6 cm³/mol. The molecule has 118 valence electrons. The second kappa shape index (κ2) is 8.64. The summed E-state index contributed by atoms with van der Waals surface area (Å²) in [5.74, 6) is -0.168. The van der Waals surface area contributed by atoms with Gasteiger partial charge in [-0.15, -0.1) is 0 Å². The molecule has 1 rings (SSSR count). The summed E-state index contributed by atoms with van der Waals surface area (Å²) < 4.78 is 10.6. The third-order valence-electron chi connectivity index (χ3n) is 3.61. The van der Waals surface area contributed by atoms with Gasteiger partial charge in [0.1, 0.15) is 11.3 Å². The smallest absolute Gasteiger partial charge is 0.323 e. The molecule has 0 radical (unpaired) electrons. The number of methoxy groups -OCH3 is 1. The number of carboxylic acids is 1. The molecule has 1 atom stereocenters. The quantitative estimate of drug-likeness (QED) is 0.647. The zero-order valence-electron chi connectivity index (χ0n) is 12.8. The lowest BCUT2D eigenvalue weighted by atomic mass is 9.92. The molecule has 21 heavy (non-hydrogen) atoms. The van der Waals surface area contributed by atoms with Crippen molar-refractivity contribution in [2.24, 2.45) is 5.73 Å². The van der Waals surface area contributed by atoms with E-state index in [4.69, 9.17) is 20.3 Å². The molecule has 0 aliphatic carbocycles. The topological polar surface area (TPSA) is 81.8 Å². The van der Waals surface area contributed by atoms with Crippen molar-refractivity contribution in [2.45, 2.75) is 38.1 Å². The van der Waals surface area contributed by atoms with Gasteiger partial charge in [0.2, 0.25) is 0 Å². The van der Waals surface area contributed by atoms with Crippen LogP contribution in [-0.4, -0.2) is 36.9 Å². The summed E-state index contributed by atoms with van der Waals surface area (Å²) in [5, 5.41) is 9.07. The molecular weight excluding hydrogens is 270 g/mol. The molecule has 0 heterocycles. The molecule has 0 saturated carbocycles. The second-order valence-corrected chi connectivity index (χ2v) is 5.15. The van der Waals surface area contributed by atoms with Gasteiger partial charge in [0, 0.05) is 7.11 Å². The van der Waals surface area contributed by atoms with Crippen LogP contribution >= 0.6 is 0 Å². The Morgan fingerprint density at radius 2 is 1.95 bits per heavy atom. The normalized spacial score (nSPS) is 13.7. The van der Waals surface area contributed by atoms with Crippen LogP contribution in [0.1, 0.15) is 31.7 Å². The van der Waals surface area contributed by atoms with E-state index < -0.39 is 11.5 Å². The highest BCUT2D eigenvalue weighted by molar-refractivity contribution is 5.78. The van der Waals surface area contributed by atoms with Gasteiger partial charge in [0.25, 0.3) is 0 Å². The fourth-order valence-electron chi connectivity index (χ4n) is 1.98. The molecule has 5 nitrogen and oxygen atoms in total. The maximum atomic E-state index is 11.1. The standard InChI is InChI=1S/C16H25NO4/c1-3-16(17,15(18)19)10-4-11-21-14-7-5-13(6-8-14)9-12-20-2/h5-8H,3-4,9-12,17H2,1-2H3,(H,18,19). The van der Waals surface area contributed by atoms with Crippen LogP contribution in [0.4, 0.5) is 0 Å². The minimum Gasteiger partial charge on any atom is -0.494 e. The number of benzene rings is 1. The van der Waals surface area contributed by atoms with E-state index in [-0.39, 0.29) is 0 Å². The number of hydrogen-bond acceptors (Lipinski definition) is 4. The van der Waals surface area contributed by atoms with E-state index in [9.17, 15) is 4.79 Å². The minimum atomic E-state index is -1.15. The van der Waals surface area contributed by atoms with Gasteiger partial charge in [-0.3, -0.25) is 4.79 Å². The van der Waals surface area contributed by atoms with Crippen LogP contribution in [0.3, 0.4) is 0 Å². The average molecular weight is 295 g/mol. The Hall–Kier alpha value is -1.59. The molecule has 0 spiro atoms. The molecule has 1 aromatic rings. The molecule has 0 aromatic heterocycles. The maximum absolute atomic E-state index is 11.1. The molecular formula is C16H25NO4. The van der Waals surface area contributed by atoms with Gasteiger partial charge in [-0.2, -0.15) is 0 Å². The van der Waals surface area contributed by atoms with Crippen LogP contribution in [0.2, 0.25) is 0 Å². The fraction of sp³-hybridized carbons (Fsp3) is 0.562. The largest absolute Gasteiger partial charge is 0.494 e. The third kappa shape index (κ3) is 5.73. The lowest BCUT2D eigenvalue weighted by Crippen LogP contribution is -2.47. The summed E-state index contributed by atoms with van der Waals surface area (Å²) in [7, 11) is 1.68. The van der Waals surface area contributed by atoms with Crippen molar-refractivity contribution >= 4 is 5.97 Å². The first kappa shape index (κ1) is 17.5. The Balaban J connectivity index is 2.34. The predicted octanol–water partition coefficient (Wildman–Crippen LogP) is 2.23. The van der Waals surface area contributed by atoms with Crippen LogP contribution in [0.25, 0.3) is 0 Å². The van der Waals surface area contributed by atoms with Gasteiger partial charge in [-0.05, 0) is 43.4 Å². The van der Waals surface area contributed by atoms with Crippen LogP contribution in [0, 0.1) is 0 Å². The second-order valence-electron chi connectivity index (χ2n) is 5.15. The maximum Gasteiger partial charge on any atom is 0.323 e. The molecule has 0 aliphatic heterocycles. The third-order valence-corrected chi connectivity index (χ3v) is 3.61. The van der Waals surface area contributed by atoms with Crippen molar-refractivity contribution in [3.8, 4) is 5.75 Å². The summed E-state index contributed by atoms with van der Waals surface area (Å²) in [4.78, 5) is 11.1. The average Bonchev–Trinajstić information content (AvgIpc) is 2.50. The zero-order valence-corrected chi connectivity index (χ0v) is 12.8. The van der Waals surface area contributed by atoms with Crippen molar-refractivity contribution in [3.05, 3.63) is 29.8 Å². The first-order valence-corrected chi connectivity index (χ1v) is 7.25. The Labute approximate surface area is 126 Å². The van der Waals surface area contributed by atoms with Gasteiger partial charge >= 0.3 is 5.97 Å². The SMILES string of the molecule is CCC(N)(CCCOc1ccc(CCOC)cc1)C(=O)O. The summed E-state index contributed by atoms with van der Waals surface area (Å²) in [6.45, 7) is 2.95. The number of hydrogen-bond donors (Lipinski definition) is 2. The van der Waals surface area contributed by atoms with Crippen LogP contribution < -0.4 is 10.5 Å². The minimum absolute atomic E-state index is 0.407. The van der Waals surface area contributed by atoms with Crippen molar-refractivity contribution in [3.63, 3.8) is 0 Å². The number of carboxylic acid groups (broad SMARTS) is 1. The summed E-state index contributed by atoms with van der Waals surface area (Å²) in [6, 6.07) is 7.84. The summed E-state index contributed by atoms with van der Waals surface area (Å²) in [6.07, 6.45) is 2.31.